The molecule has 1 atom stereocenters. The first-order valence-electron chi connectivity index (χ1n) is 10.8. The number of piperidine rings is 1. The molecule has 2 fully saturated rings. The molecule has 8 nitrogen and oxygen atoms in total. The fraction of sp³-hybridized carbons (Fsp3) is 0.619. The van der Waals surface area contributed by atoms with Crippen molar-refractivity contribution in [3.05, 3.63) is 24.3 Å². The average Bonchev–Trinajstić information content (AvgIpc) is 2.78. The van der Waals surface area contributed by atoms with Gasteiger partial charge in [-0.25, -0.2) is 8.42 Å². The molecule has 0 bridgehead atoms. The van der Waals surface area contributed by atoms with Crippen LogP contribution in [0.4, 0.5) is 5.69 Å². The SMILES string of the molecule is CC(C)CNC(=O)C1CCCN(C(=S)Nc2ccc(S(=O)(=O)N3CCOCC3)cc2)C1. The summed E-state index contributed by atoms with van der Waals surface area (Å²) in [7, 11) is -3.52. The molecule has 1 unspecified atom stereocenters. The molecule has 0 aliphatic carbocycles. The molecule has 0 spiro atoms. The van der Waals surface area contributed by atoms with Crippen molar-refractivity contribution in [1.29, 1.82) is 0 Å². The second-order valence-corrected chi connectivity index (χ2v) is 10.7. The number of nitrogens with zero attached hydrogens (tertiary/aromatic N) is 2. The lowest BCUT2D eigenvalue weighted by molar-refractivity contribution is -0.126. The Labute approximate surface area is 190 Å². The summed E-state index contributed by atoms with van der Waals surface area (Å²) in [6.07, 6.45) is 1.76. The fourth-order valence-corrected chi connectivity index (χ4v) is 5.37. The highest BCUT2D eigenvalue weighted by Crippen LogP contribution is 2.21. The highest BCUT2D eigenvalue weighted by molar-refractivity contribution is 7.89. The van der Waals surface area contributed by atoms with E-state index in [-0.39, 0.29) is 16.7 Å². The lowest BCUT2D eigenvalue weighted by atomic mass is 9.97. The van der Waals surface area contributed by atoms with Crippen molar-refractivity contribution in [2.45, 2.75) is 31.6 Å². The standard InChI is InChI=1S/C21H32N4O4S2/c1-16(2)14-22-20(26)17-4-3-9-24(15-17)21(30)23-18-5-7-19(8-6-18)31(27,28)25-10-12-29-13-11-25/h5-8,16-17H,3-4,9-15H2,1-2H3,(H,22,26)(H,23,30). The van der Waals surface area contributed by atoms with E-state index in [0.29, 0.717) is 50.4 Å². The predicted octanol–water partition coefficient (Wildman–Crippen LogP) is 1.89. The number of hydrogen-bond donors (Lipinski definition) is 2. The van der Waals surface area contributed by atoms with Crippen LogP contribution < -0.4 is 10.6 Å². The van der Waals surface area contributed by atoms with Gasteiger partial charge in [0.05, 0.1) is 24.0 Å². The zero-order valence-electron chi connectivity index (χ0n) is 18.2. The van der Waals surface area contributed by atoms with Gasteiger partial charge >= 0.3 is 0 Å². The summed E-state index contributed by atoms with van der Waals surface area (Å²) < 4.78 is 32.2. The Morgan fingerprint density at radius 2 is 1.87 bits per heavy atom. The first-order valence-corrected chi connectivity index (χ1v) is 12.6. The number of carbonyl (C=O) groups is 1. The normalized spacial score (nSPS) is 20.5. The molecule has 1 aromatic carbocycles. The van der Waals surface area contributed by atoms with Gasteiger partial charge in [-0.1, -0.05) is 13.8 Å². The molecular formula is C21H32N4O4S2. The molecule has 3 rings (SSSR count). The van der Waals surface area contributed by atoms with Gasteiger partial charge < -0.3 is 20.3 Å². The fourth-order valence-electron chi connectivity index (χ4n) is 3.67. The summed E-state index contributed by atoms with van der Waals surface area (Å²) in [6, 6.07) is 6.62. The maximum Gasteiger partial charge on any atom is 0.243 e. The Bertz CT molecular complexity index is 868. The molecule has 2 heterocycles. The molecule has 0 aromatic heterocycles. The number of sulfonamides is 1. The van der Waals surface area contributed by atoms with Gasteiger partial charge in [0.15, 0.2) is 5.11 Å². The summed E-state index contributed by atoms with van der Waals surface area (Å²) in [5.74, 6) is 0.425. The zero-order chi connectivity index (χ0) is 22.4. The highest BCUT2D eigenvalue weighted by atomic mass is 32.2. The van der Waals surface area contributed by atoms with E-state index in [4.69, 9.17) is 17.0 Å². The van der Waals surface area contributed by atoms with Crippen molar-refractivity contribution >= 4 is 38.9 Å². The number of benzene rings is 1. The molecule has 2 aliphatic heterocycles. The third kappa shape index (κ3) is 6.38. The van der Waals surface area contributed by atoms with Crippen LogP contribution in [0.3, 0.4) is 0 Å². The number of anilines is 1. The van der Waals surface area contributed by atoms with E-state index in [1.165, 1.54) is 4.31 Å². The van der Waals surface area contributed by atoms with Crippen LogP contribution in [0.1, 0.15) is 26.7 Å². The van der Waals surface area contributed by atoms with E-state index >= 15 is 0 Å². The molecule has 31 heavy (non-hydrogen) atoms. The van der Waals surface area contributed by atoms with Crippen LogP contribution in [0.2, 0.25) is 0 Å². The minimum Gasteiger partial charge on any atom is -0.379 e. The Hall–Kier alpha value is -1.75. The van der Waals surface area contributed by atoms with E-state index in [1.807, 2.05) is 4.90 Å². The van der Waals surface area contributed by atoms with Gasteiger partial charge in [-0.3, -0.25) is 4.79 Å². The minimum atomic E-state index is -3.52. The van der Waals surface area contributed by atoms with Crippen molar-refractivity contribution in [1.82, 2.24) is 14.5 Å². The van der Waals surface area contributed by atoms with Gasteiger partial charge in [-0.2, -0.15) is 4.31 Å². The number of nitrogens with one attached hydrogen (secondary N) is 2. The number of amides is 1. The van der Waals surface area contributed by atoms with Crippen LogP contribution in [-0.2, 0) is 19.6 Å². The Kier molecular flexibility index (Phi) is 8.26. The topological polar surface area (TPSA) is 91.0 Å². The Morgan fingerprint density at radius 3 is 2.52 bits per heavy atom. The number of morpholine rings is 1. The lowest BCUT2D eigenvalue weighted by Crippen LogP contribution is -2.47. The third-order valence-corrected chi connectivity index (χ3v) is 7.75. The molecule has 0 radical (unpaired) electrons. The van der Waals surface area contributed by atoms with Crippen molar-refractivity contribution < 1.29 is 17.9 Å². The third-order valence-electron chi connectivity index (χ3n) is 5.48. The van der Waals surface area contributed by atoms with Crippen molar-refractivity contribution in [3.8, 4) is 0 Å². The van der Waals surface area contributed by atoms with Gasteiger partial charge in [0.2, 0.25) is 15.9 Å². The van der Waals surface area contributed by atoms with E-state index in [9.17, 15) is 13.2 Å². The first kappa shape index (κ1) is 23.9. The number of likely N-dealkylation sites (tertiary alicyclic amines) is 1. The molecule has 1 amide bonds. The molecule has 1 aromatic rings. The average molecular weight is 469 g/mol. The van der Waals surface area contributed by atoms with Crippen LogP contribution in [0, 0.1) is 11.8 Å². The minimum absolute atomic E-state index is 0.0757. The zero-order valence-corrected chi connectivity index (χ0v) is 19.8. The molecule has 172 valence electrons. The van der Waals surface area contributed by atoms with Crippen LogP contribution in [0.5, 0.6) is 0 Å². The first-order chi connectivity index (χ1) is 14.8. The van der Waals surface area contributed by atoms with E-state index in [1.54, 1.807) is 24.3 Å². The monoisotopic (exact) mass is 468 g/mol. The molecule has 2 aliphatic rings. The van der Waals surface area contributed by atoms with Crippen LogP contribution >= 0.6 is 12.2 Å². The molecule has 0 saturated carbocycles. The maximum atomic E-state index is 12.7. The lowest BCUT2D eigenvalue weighted by Gasteiger charge is -2.34. The quantitative estimate of drug-likeness (QED) is 0.616. The smallest absolute Gasteiger partial charge is 0.243 e. The number of carbonyl (C=O) groups excluding carboxylic acids is 1. The van der Waals surface area contributed by atoms with Crippen molar-refractivity contribution in [2.24, 2.45) is 11.8 Å². The highest BCUT2D eigenvalue weighted by Gasteiger charge is 2.28. The Morgan fingerprint density at radius 1 is 1.19 bits per heavy atom. The van der Waals surface area contributed by atoms with E-state index < -0.39 is 10.0 Å². The molecule has 2 saturated heterocycles. The summed E-state index contributed by atoms with van der Waals surface area (Å²) >= 11 is 5.55. The number of rotatable bonds is 6. The Balaban J connectivity index is 1.57. The van der Waals surface area contributed by atoms with Gasteiger partial charge in [0, 0.05) is 38.4 Å². The molecular weight excluding hydrogens is 436 g/mol. The summed E-state index contributed by atoms with van der Waals surface area (Å²) in [5, 5.41) is 6.73. The second kappa shape index (κ2) is 10.7. The van der Waals surface area contributed by atoms with E-state index in [2.05, 4.69) is 24.5 Å². The number of thiocarbonyl (C=S) groups is 1. The molecule has 10 heteroatoms. The van der Waals surface area contributed by atoms with Gasteiger partial charge in [-0.05, 0) is 55.2 Å². The number of ether oxygens (including phenoxy) is 1. The summed E-state index contributed by atoms with van der Waals surface area (Å²) in [6.45, 7) is 7.77. The summed E-state index contributed by atoms with van der Waals surface area (Å²) in [4.78, 5) is 14.7. The van der Waals surface area contributed by atoms with Gasteiger partial charge in [0.1, 0.15) is 0 Å². The van der Waals surface area contributed by atoms with Gasteiger partial charge in [0.25, 0.3) is 0 Å². The van der Waals surface area contributed by atoms with Crippen LogP contribution in [0.15, 0.2) is 29.2 Å². The van der Waals surface area contributed by atoms with Crippen molar-refractivity contribution in [2.75, 3.05) is 51.3 Å². The largest absolute Gasteiger partial charge is 0.379 e. The second-order valence-electron chi connectivity index (χ2n) is 8.40. The van der Waals surface area contributed by atoms with Crippen LogP contribution in [-0.4, -0.2) is 74.6 Å². The predicted molar refractivity (Wildman–Crippen MR) is 124 cm³/mol. The summed E-state index contributed by atoms with van der Waals surface area (Å²) in [5.41, 5.74) is 0.720. The maximum absolute atomic E-state index is 12.7. The van der Waals surface area contributed by atoms with Crippen molar-refractivity contribution in [3.63, 3.8) is 0 Å². The number of hydrogen-bond acceptors (Lipinski definition) is 5. The van der Waals surface area contributed by atoms with Gasteiger partial charge in [-0.15, -0.1) is 0 Å². The van der Waals surface area contributed by atoms with Crippen LogP contribution in [0.25, 0.3) is 0 Å². The van der Waals surface area contributed by atoms with E-state index in [0.717, 1.165) is 25.1 Å². The molecule has 2 N–H and O–H groups in total.